The highest BCUT2D eigenvalue weighted by Crippen LogP contribution is 2.39. The first-order valence-electron chi connectivity index (χ1n) is 7.57. The van der Waals surface area contributed by atoms with Crippen LogP contribution in [0.2, 0.25) is 0 Å². The van der Waals surface area contributed by atoms with Crippen molar-refractivity contribution in [2.24, 2.45) is 5.92 Å². The molecule has 1 aromatic heterocycles. The Kier molecular flexibility index (Phi) is 4.58. The van der Waals surface area contributed by atoms with E-state index in [2.05, 4.69) is 35.5 Å². The molecule has 1 aliphatic rings. The Balaban J connectivity index is 2.35. The van der Waals surface area contributed by atoms with Crippen LogP contribution in [0.15, 0.2) is 0 Å². The molecule has 0 aromatic carbocycles. The summed E-state index contributed by atoms with van der Waals surface area (Å²) in [6.45, 7) is 10.1. The third-order valence-electron chi connectivity index (χ3n) is 4.20. The van der Waals surface area contributed by atoms with E-state index in [4.69, 9.17) is 10.5 Å². The van der Waals surface area contributed by atoms with Gasteiger partial charge in [-0.3, -0.25) is 0 Å². The molecule has 5 heteroatoms. The Hall–Kier alpha value is -1.23. The van der Waals surface area contributed by atoms with Crippen molar-refractivity contribution in [3.05, 3.63) is 5.69 Å². The van der Waals surface area contributed by atoms with Crippen LogP contribution in [-0.4, -0.2) is 36.1 Å². The molecule has 114 valence electrons. The summed E-state index contributed by atoms with van der Waals surface area (Å²) in [6.07, 6.45) is 2.64. The lowest BCUT2D eigenvalue weighted by Gasteiger charge is -2.32. The molecule has 1 fully saturated rings. The summed E-state index contributed by atoms with van der Waals surface area (Å²) >= 11 is 0. The zero-order chi connectivity index (χ0) is 14.9. The molecule has 0 saturated heterocycles. The van der Waals surface area contributed by atoms with Gasteiger partial charge in [0.1, 0.15) is 0 Å². The number of ether oxygens (including phenoxy) is 1. The lowest BCUT2D eigenvalue weighted by Crippen LogP contribution is -2.39. The van der Waals surface area contributed by atoms with Gasteiger partial charge < -0.3 is 15.4 Å². The van der Waals surface area contributed by atoms with E-state index in [9.17, 15) is 0 Å². The maximum absolute atomic E-state index is 6.31. The van der Waals surface area contributed by atoms with Gasteiger partial charge in [0.25, 0.3) is 0 Å². The maximum Gasteiger partial charge on any atom is 0.151 e. The molecule has 0 bridgehead atoms. The van der Waals surface area contributed by atoms with Gasteiger partial charge in [0, 0.05) is 25.7 Å². The summed E-state index contributed by atoms with van der Waals surface area (Å²) in [5, 5.41) is 4.61. The van der Waals surface area contributed by atoms with Gasteiger partial charge in [-0.1, -0.05) is 0 Å². The van der Waals surface area contributed by atoms with Gasteiger partial charge in [0.2, 0.25) is 0 Å². The van der Waals surface area contributed by atoms with Crippen LogP contribution in [0.25, 0.3) is 0 Å². The molecular weight excluding hydrogens is 252 g/mol. The van der Waals surface area contributed by atoms with Gasteiger partial charge in [-0.25, -0.2) is 4.68 Å². The van der Waals surface area contributed by atoms with Crippen LogP contribution in [-0.2, 0) is 4.74 Å². The predicted octanol–water partition coefficient (Wildman–Crippen LogP) is 2.61. The molecule has 1 atom stereocenters. The average molecular weight is 280 g/mol. The fourth-order valence-electron chi connectivity index (χ4n) is 2.72. The number of aromatic nitrogens is 2. The summed E-state index contributed by atoms with van der Waals surface area (Å²) in [7, 11) is 1.74. The lowest BCUT2D eigenvalue weighted by molar-refractivity contribution is 0.202. The van der Waals surface area contributed by atoms with E-state index in [1.165, 1.54) is 12.8 Å². The fourth-order valence-corrected chi connectivity index (χ4v) is 2.72. The number of nitrogens with zero attached hydrogens (tertiary/aromatic N) is 3. The van der Waals surface area contributed by atoms with Crippen molar-refractivity contribution in [2.75, 3.05) is 30.9 Å². The Morgan fingerprint density at radius 1 is 1.40 bits per heavy atom. The monoisotopic (exact) mass is 280 g/mol. The molecule has 5 nitrogen and oxygen atoms in total. The third kappa shape index (κ3) is 2.92. The molecular formula is C15H28N4O. The minimum absolute atomic E-state index is 0.303. The normalized spacial score (nSPS) is 16.7. The number of methoxy groups -OCH3 is 1. The van der Waals surface area contributed by atoms with Gasteiger partial charge in [-0.2, -0.15) is 5.10 Å². The van der Waals surface area contributed by atoms with E-state index < -0.39 is 0 Å². The fraction of sp³-hybridized carbons (Fsp3) is 0.800. The number of hydrogen-bond donors (Lipinski definition) is 1. The second kappa shape index (κ2) is 6.04. The molecule has 1 saturated carbocycles. The number of rotatable bonds is 7. The summed E-state index contributed by atoms with van der Waals surface area (Å²) in [5.41, 5.74) is 8.03. The summed E-state index contributed by atoms with van der Waals surface area (Å²) in [4.78, 5) is 2.39. The maximum atomic E-state index is 6.31. The average Bonchev–Trinajstić information content (AvgIpc) is 3.20. The van der Waals surface area contributed by atoms with Gasteiger partial charge in [-0.15, -0.1) is 0 Å². The minimum Gasteiger partial charge on any atom is -0.394 e. The van der Waals surface area contributed by atoms with Crippen molar-refractivity contribution in [3.63, 3.8) is 0 Å². The van der Waals surface area contributed by atoms with Crippen LogP contribution in [0.3, 0.4) is 0 Å². The van der Waals surface area contributed by atoms with E-state index in [-0.39, 0.29) is 0 Å². The van der Waals surface area contributed by atoms with Gasteiger partial charge in [0.05, 0.1) is 18.0 Å². The van der Waals surface area contributed by atoms with Crippen molar-refractivity contribution in [3.8, 4) is 0 Å². The largest absolute Gasteiger partial charge is 0.394 e. The summed E-state index contributed by atoms with van der Waals surface area (Å²) in [6, 6.07) is 0.790. The van der Waals surface area contributed by atoms with E-state index in [1.807, 2.05) is 6.92 Å². The van der Waals surface area contributed by atoms with Crippen molar-refractivity contribution in [2.45, 2.75) is 52.6 Å². The zero-order valence-electron chi connectivity index (χ0n) is 13.4. The number of aryl methyl sites for hydroxylation is 1. The zero-order valence-corrected chi connectivity index (χ0v) is 13.4. The number of nitrogens with two attached hydrogens (primary N) is 1. The topological polar surface area (TPSA) is 56.3 Å². The molecule has 2 rings (SSSR count). The Morgan fingerprint density at radius 2 is 2.05 bits per heavy atom. The van der Waals surface area contributed by atoms with Crippen LogP contribution in [0.5, 0.6) is 0 Å². The Bertz CT molecular complexity index is 451. The second-order valence-corrected chi connectivity index (χ2v) is 6.13. The smallest absolute Gasteiger partial charge is 0.151 e. The van der Waals surface area contributed by atoms with Crippen LogP contribution in [0, 0.1) is 12.8 Å². The van der Waals surface area contributed by atoms with E-state index in [1.54, 1.807) is 7.11 Å². The van der Waals surface area contributed by atoms with E-state index >= 15 is 0 Å². The molecule has 1 aliphatic carbocycles. The van der Waals surface area contributed by atoms with Crippen LogP contribution in [0.1, 0.15) is 45.3 Å². The molecule has 0 aliphatic heterocycles. The quantitative estimate of drug-likeness (QED) is 0.834. The second-order valence-electron chi connectivity index (χ2n) is 6.13. The Labute approximate surface area is 122 Å². The summed E-state index contributed by atoms with van der Waals surface area (Å²) < 4.78 is 7.33. The third-order valence-corrected chi connectivity index (χ3v) is 4.20. The van der Waals surface area contributed by atoms with Crippen LogP contribution >= 0.6 is 0 Å². The number of hydrogen-bond acceptors (Lipinski definition) is 4. The predicted molar refractivity (Wildman–Crippen MR) is 83.2 cm³/mol. The molecule has 0 amide bonds. The van der Waals surface area contributed by atoms with Crippen molar-refractivity contribution in [1.29, 1.82) is 0 Å². The van der Waals surface area contributed by atoms with Gasteiger partial charge in [0.15, 0.2) is 5.82 Å². The highest BCUT2D eigenvalue weighted by atomic mass is 16.5. The van der Waals surface area contributed by atoms with E-state index in [0.717, 1.165) is 29.7 Å². The molecule has 2 N–H and O–H groups in total. The first-order valence-corrected chi connectivity index (χ1v) is 7.57. The van der Waals surface area contributed by atoms with Gasteiger partial charge in [-0.05, 0) is 46.5 Å². The number of nitrogen functional groups attached to an aromatic ring is 1. The Morgan fingerprint density at radius 3 is 2.55 bits per heavy atom. The van der Waals surface area contributed by atoms with E-state index in [0.29, 0.717) is 18.7 Å². The molecule has 1 heterocycles. The number of anilines is 2. The molecule has 1 aromatic rings. The minimum atomic E-state index is 0.303. The lowest BCUT2D eigenvalue weighted by atomic mass is 10.1. The van der Waals surface area contributed by atoms with Crippen molar-refractivity contribution >= 4 is 11.5 Å². The SMILES string of the molecule is COCCN(c1c(N)c(C)nn1C(C)C)C(C)C1CC1. The molecule has 0 radical (unpaired) electrons. The van der Waals surface area contributed by atoms with Crippen LogP contribution in [0.4, 0.5) is 11.5 Å². The van der Waals surface area contributed by atoms with Crippen LogP contribution < -0.4 is 10.6 Å². The summed E-state index contributed by atoms with van der Waals surface area (Å²) in [5.74, 6) is 1.84. The standard InChI is InChI=1S/C15H28N4O/c1-10(2)19-15(14(16)11(3)17-19)18(8-9-20-5)12(4)13-6-7-13/h10,12-13H,6-9,16H2,1-5H3. The highest BCUT2D eigenvalue weighted by molar-refractivity contribution is 5.67. The first-order chi connectivity index (χ1) is 9.47. The first kappa shape index (κ1) is 15.2. The highest BCUT2D eigenvalue weighted by Gasteiger charge is 2.34. The van der Waals surface area contributed by atoms with Crippen molar-refractivity contribution in [1.82, 2.24) is 9.78 Å². The molecule has 0 spiro atoms. The molecule has 20 heavy (non-hydrogen) atoms. The van der Waals surface area contributed by atoms with Gasteiger partial charge >= 0.3 is 0 Å². The molecule has 1 unspecified atom stereocenters. The van der Waals surface area contributed by atoms with Crippen molar-refractivity contribution < 1.29 is 4.74 Å².